The Morgan fingerprint density at radius 1 is 0.514 bits per heavy atom. The van der Waals surface area contributed by atoms with Crippen LogP contribution in [-0.2, 0) is 13.6 Å². The fourth-order valence-corrected chi connectivity index (χ4v) is 3.66. The highest BCUT2D eigenvalue weighted by Gasteiger charge is 2.32. The molecule has 0 aliphatic heterocycles. The summed E-state index contributed by atoms with van der Waals surface area (Å²) in [6.07, 6.45) is 0. The molecule has 0 amide bonds. The van der Waals surface area contributed by atoms with Crippen molar-refractivity contribution in [1.82, 2.24) is 0 Å². The second-order valence-corrected chi connectivity index (χ2v) is 7.46. The molecule has 0 spiro atoms. The Labute approximate surface area is 202 Å². The van der Waals surface area contributed by atoms with Crippen LogP contribution in [0.3, 0.4) is 0 Å². The predicted octanol–water partition coefficient (Wildman–Crippen LogP) is 3.99. The minimum Gasteiger partial charge on any atom is -0.496 e. The van der Waals surface area contributed by atoms with Gasteiger partial charge >= 0.3 is 26.5 Å². The third-order valence-corrected chi connectivity index (χ3v) is 5.40. The first-order valence-electron chi connectivity index (χ1n) is 9.84. The Bertz CT molecular complexity index is 1030. The number of hydrogen-bond acceptors (Lipinski definition) is 9. The van der Waals surface area contributed by atoms with Crippen molar-refractivity contribution in [2.45, 2.75) is 0 Å². The maximum absolute atomic E-state index is 12.8. The lowest BCUT2D eigenvalue weighted by Gasteiger charge is -2.17. The van der Waals surface area contributed by atoms with Gasteiger partial charge in [-0.15, -0.1) is 0 Å². The van der Waals surface area contributed by atoms with Crippen LogP contribution in [0.15, 0.2) is 72.8 Å². The van der Waals surface area contributed by atoms with Gasteiger partial charge in [0.2, 0.25) is 0 Å². The summed E-state index contributed by atoms with van der Waals surface area (Å²) in [6.45, 7) is 0. The van der Waals surface area contributed by atoms with Crippen molar-refractivity contribution in [2.24, 2.45) is 0 Å². The van der Waals surface area contributed by atoms with Crippen molar-refractivity contribution >= 4 is 26.5 Å². The van der Waals surface area contributed by atoms with Crippen molar-refractivity contribution < 1.29 is 47.6 Å². The van der Waals surface area contributed by atoms with Crippen molar-refractivity contribution in [3.63, 3.8) is 0 Å². The van der Waals surface area contributed by atoms with Crippen LogP contribution in [0.4, 0.5) is 0 Å². The second kappa shape index (κ2) is 12.9. The molecule has 0 saturated carbocycles. The molecule has 10 nitrogen and oxygen atoms in total. The summed E-state index contributed by atoms with van der Waals surface area (Å²) in [5.74, 6) is -2.05. The topological polar surface area (TPSA) is 138 Å². The number of para-hydroxylation sites is 3. The van der Waals surface area contributed by atoms with Crippen LogP contribution in [0.1, 0.15) is 31.1 Å². The highest BCUT2D eigenvalue weighted by Crippen LogP contribution is 2.44. The summed E-state index contributed by atoms with van der Waals surface area (Å²) >= 11 is 0. The van der Waals surface area contributed by atoms with Crippen molar-refractivity contribution in [2.75, 3.05) is 21.3 Å². The van der Waals surface area contributed by atoms with E-state index in [-0.39, 0.29) is 39.4 Å². The first-order valence-corrected chi connectivity index (χ1v) is 10.9. The lowest BCUT2D eigenvalue weighted by molar-refractivity contribution is 0.0544. The molecule has 2 N–H and O–H groups in total. The lowest BCUT2D eigenvalue weighted by Crippen LogP contribution is -2.13. The van der Waals surface area contributed by atoms with E-state index in [0.717, 1.165) is 0 Å². The van der Waals surface area contributed by atoms with Gasteiger partial charge in [-0.1, -0.05) is 36.4 Å². The third kappa shape index (κ3) is 6.69. The quantitative estimate of drug-likeness (QED) is 0.398. The van der Waals surface area contributed by atoms with Crippen LogP contribution >= 0.6 is 8.60 Å². The van der Waals surface area contributed by atoms with Crippen LogP contribution in [-0.4, -0.2) is 44.7 Å². The molecule has 0 aliphatic rings. The number of carbonyl (C=O) groups is 3. The Morgan fingerprint density at radius 2 is 0.771 bits per heavy atom. The lowest BCUT2D eigenvalue weighted by atomic mass is 10.2. The van der Waals surface area contributed by atoms with Crippen LogP contribution in [0.2, 0.25) is 0 Å². The zero-order valence-corrected chi connectivity index (χ0v) is 19.9. The molecule has 3 aromatic carbocycles. The highest BCUT2D eigenvalue weighted by atomic mass is 31.2. The number of hydrogen-bond donors (Lipinski definition) is 0. The Hall–Kier alpha value is -4.14. The van der Waals surface area contributed by atoms with Gasteiger partial charge in [0.1, 0.15) is 33.9 Å². The molecule has 0 bridgehead atoms. The number of rotatable bonds is 9. The molecule has 11 heteroatoms. The van der Waals surface area contributed by atoms with E-state index in [1.165, 1.54) is 39.5 Å². The summed E-state index contributed by atoms with van der Waals surface area (Å²) in [4.78, 5) is 38.4. The van der Waals surface area contributed by atoms with Gasteiger partial charge in [0.05, 0.1) is 21.3 Å². The fraction of sp³-hybridized carbons (Fsp3) is 0.125. The van der Waals surface area contributed by atoms with Crippen LogP contribution in [0.5, 0.6) is 17.2 Å². The molecule has 0 fully saturated rings. The molecule has 0 atom stereocenters. The molecular formula is C24H23O10P. The summed E-state index contributed by atoms with van der Waals surface area (Å²) in [6, 6.07) is 18.8. The van der Waals surface area contributed by atoms with Crippen molar-refractivity contribution in [1.29, 1.82) is 0 Å². The fourth-order valence-electron chi connectivity index (χ4n) is 2.85. The maximum atomic E-state index is 12.8. The minimum absolute atomic E-state index is 0. The molecule has 0 saturated heterocycles. The SMILES string of the molecule is COc1ccccc1C(=O)OP(OC(=O)c1ccccc1OC)OC(=O)c1ccccc1OC.O. The van der Waals surface area contributed by atoms with Gasteiger partial charge in [-0.3, -0.25) is 0 Å². The molecule has 0 radical (unpaired) electrons. The summed E-state index contributed by atoms with van der Waals surface area (Å²) in [7, 11) is 1.34. The molecule has 35 heavy (non-hydrogen) atoms. The van der Waals surface area contributed by atoms with E-state index in [4.69, 9.17) is 27.8 Å². The maximum Gasteiger partial charge on any atom is 0.537 e. The van der Waals surface area contributed by atoms with Gasteiger partial charge in [0, 0.05) is 0 Å². The largest absolute Gasteiger partial charge is 0.537 e. The number of methoxy groups -OCH3 is 3. The Balaban J connectivity index is 0.00000432. The smallest absolute Gasteiger partial charge is 0.496 e. The van der Waals surface area contributed by atoms with E-state index in [1.807, 2.05) is 0 Å². The van der Waals surface area contributed by atoms with Crippen molar-refractivity contribution in [3.05, 3.63) is 89.5 Å². The average molecular weight is 502 g/mol. The average Bonchev–Trinajstić information content (AvgIpc) is 2.88. The Kier molecular flexibility index (Phi) is 10.0. The molecule has 0 aromatic heterocycles. The molecule has 184 valence electrons. The first-order chi connectivity index (χ1) is 16.5. The van der Waals surface area contributed by atoms with E-state index in [2.05, 4.69) is 0 Å². The summed E-state index contributed by atoms with van der Waals surface area (Å²) in [5, 5.41) is 0. The minimum atomic E-state index is -2.82. The van der Waals surface area contributed by atoms with Crippen molar-refractivity contribution in [3.8, 4) is 17.2 Å². The normalized spacial score (nSPS) is 9.94. The number of carbonyl (C=O) groups excluding carboxylic acids is 3. The third-order valence-electron chi connectivity index (χ3n) is 4.45. The van der Waals surface area contributed by atoms with E-state index >= 15 is 0 Å². The summed E-state index contributed by atoms with van der Waals surface area (Å²) < 4.78 is 31.4. The first kappa shape index (κ1) is 27.1. The molecule has 0 heterocycles. The standard InChI is InChI=1S/C24H21O9P.H2O/c1-28-19-13-7-4-10-16(19)22(25)31-34(32-23(26)17-11-5-8-14-20(17)29-2)33-24(27)18-12-6-9-15-21(18)30-3;/h4-15H,1-3H3;1H2. The monoisotopic (exact) mass is 502 g/mol. The zero-order valence-electron chi connectivity index (χ0n) is 19.0. The Morgan fingerprint density at radius 3 is 1.03 bits per heavy atom. The van der Waals surface area contributed by atoms with E-state index in [1.54, 1.807) is 54.6 Å². The second-order valence-electron chi connectivity index (χ2n) is 6.46. The highest BCUT2D eigenvalue weighted by molar-refractivity contribution is 7.43. The number of ether oxygens (including phenoxy) is 3. The molecule has 3 aromatic rings. The molecule has 3 rings (SSSR count). The van der Waals surface area contributed by atoms with Gasteiger partial charge < -0.3 is 33.3 Å². The van der Waals surface area contributed by atoms with E-state index < -0.39 is 26.5 Å². The molecule has 0 aliphatic carbocycles. The van der Waals surface area contributed by atoms with Gasteiger partial charge in [-0.2, -0.15) is 0 Å². The number of benzene rings is 3. The van der Waals surface area contributed by atoms with Crippen LogP contribution in [0, 0.1) is 0 Å². The van der Waals surface area contributed by atoms with Crippen LogP contribution < -0.4 is 14.2 Å². The van der Waals surface area contributed by atoms with E-state index in [0.29, 0.717) is 0 Å². The zero-order chi connectivity index (χ0) is 24.5. The molecule has 0 unspecified atom stereocenters. The van der Waals surface area contributed by atoms with Gasteiger partial charge in [-0.25, -0.2) is 14.4 Å². The molecular weight excluding hydrogens is 479 g/mol. The van der Waals surface area contributed by atoms with Gasteiger partial charge in [0.25, 0.3) is 0 Å². The van der Waals surface area contributed by atoms with Gasteiger partial charge in [-0.05, 0) is 36.4 Å². The van der Waals surface area contributed by atoms with E-state index in [9.17, 15) is 14.4 Å². The van der Waals surface area contributed by atoms with Gasteiger partial charge in [0.15, 0.2) is 0 Å². The predicted molar refractivity (Wildman–Crippen MR) is 126 cm³/mol. The van der Waals surface area contributed by atoms with Crippen LogP contribution in [0.25, 0.3) is 0 Å². The summed E-state index contributed by atoms with van der Waals surface area (Å²) in [5.41, 5.74) is 0.164.